The molecule has 14 heavy (non-hydrogen) atoms. The average molecular weight is 213 g/mol. The van der Waals surface area contributed by atoms with Crippen molar-refractivity contribution in [2.75, 3.05) is 12.4 Å². The lowest BCUT2D eigenvalue weighted by atomic mass is 10.2. The van der Waals surface area contributed by atoms with Crippen LogP contribution in [0.15, 0.2) is 5.38 Å². The van der Waals surface area contributed by atoms with Crippen LogP contribution >= 0.6 is 11.3 Å². The molecule has 1 rings (SSSR count). The Morgan fingerprint density at radius 2 is 2.43 bits per heavy atom. The van der Waals surface area contributed by atoms with E-state index in [1.165, 1.54) is 18.4 Å². The van der Waals surface area contributed by atoms with Gasteiger partial charge >= 0.3 is 5.97 Å². The van der Waals surface area contributed by atoms with Crippen LogP contribution in [0.2, 0.25) is 0 Å². The molecule has 0 saturated heterocycles. The van der Waals surface area contributed by atoms with Crippen LogP contribution in [0.5, 0.6) is 0 Å². The van der Waals surface area contributed by atoms with Crippen molar-refractivity contribution in [2.45, 2.75) is 13.3 Å². The molecule has 0 saturated carbocycles. The molecular formula is C9H11NO3S. The first-order valence-electron chi connectivity index (χ1n) is 4.13. The maximum atomic E-state index is 11.3. The summed E-state index contributed by atoms with van der Waals surface area (Å²) >= 11 is 1.28. The van der Waals surface area contributed by atoms with E-state index in [0.29, 0.717) is 17.0 Å². The first kappa shape index (κ1) is 10.7. The molecule has 0 aliphatic rings. The molecule has 1 N–H and O–H groups in total. The summed E-state index contributed by atoms with van der Waals surface area (Å²) in [4.78, 5) is 22.1. The Morgan fingerprint density at radius 3 is 2.93 bits per heavy atom. The van der Waals surface area contributed by atoms with Gasteiger partial charge < -0.3 is 10.1 Å². The van der Waals surface area contributed by atoms with Crippen LogP contribution in [-0.4, -0.2) is 19.5 Å². The average Bonchev–Trinajstić information content (AvgIpc) is 2.60. The minimum atomic E-state index is -0.418. The third kappa shape index (κ3) is 1.93. The van der Waals surface area contributed by atoms with Gasteiger partial charge in [-0.05, 0) is 17.4 Å². The Bertz CT molecular complexity index is 346. The highest BCUT2D eigenvalue weighted by Gasteiger charge is 2.16. The van der Waals surface area contributed by atoms with E-state index in [1.807, 2.05) is 12.3 Å². The van der Waals surface area contributed by atoms with E-state index in [0.717, 1.165) is 12.0 Å². The molecular weight excluding hydrogens is 202 g/mol. The molecule has 0 aromatic carbocycles. The normalized spacial score (nSPS) is 9.57. The molecule has 0 spiro atoms. The van der Waals surface area contributed by atoms with E-state index in [2.05, 4.69) is 10.1 Å². The van der Waals surface area contributed by atoms with Gasteiger partial charge in [0, 0.05) is 0 Å². The molecule has 0 radical (unpaired) electrons. The molecule has 1 aromatic heterocycles. The van der Waals surface area contributed by atoms with Gasteiger partial charge in [0.2, 0.25) is 6.41 Å². The number of hydrogen-bond acceptors (Lipinski definition) is 4. The summed E-state index contributed by atoms with van der Waals surface area (Å²) in [5.74, 6) is -0.418. The van der Waals surface area contributed by atoms with Gasteiger partial charge in [0.05, 0.1) is 12.8 Å². The molecule has 76 valence electrons. The summed E-state index contributed by atoms with van der Waals surface area (Å²) in [5.41, 5.74) is 1.52. The maximum absolute atomic E-state index is 11.3. The number of amides is 1. The molecule has 1 heterocycles. The van der Waals surface area contributed by atoms with Gasteiger partial charge in [0.1, 0.15) is 4.88 Å². The highest BCUT2D eigenvalue weighted by Crippen LogP contribution is 2.28. The van der Waals surface area contributed by atoms with Crippen LogP contribution in [0, 0.1) is 0 Å². The SMILES string of the molecule is CCc1csc(C(=O)OC)c1NC=O. The number of aryl methyl sites for hydroxylation is 1. The second-order valence-corrected chi connectivity index (χ2v) is 3.45. The minimum Gasteiger partial charge on any atom is -0.465 e. The summed E-state index contributed by atoms with van der Waals surface area (Å²) in [5, 5.41) is 4.37. The lowest BCUT2D eigenvalue weighted by Crippen LogP contribution is -2.05. The molecule has 1 amide bonds. The van der Waals surface area contributed by atoms with Crippen LogP contribution in [0.4, 0.5) is 5.69 Å². The molecule has 1 aromatic rings. The number of nitrogens with one attached hydrogen (secondary N) is 1. The monoisotopic (exact) mass is 213 g/mol. The lowest BCUT2D eigenvalue weighted by Gasteiger charge is -2.02. The van der Waals surface area contributed by atoms with Gasteiger partial charge in [-0.1, -0.05) is 6.92 Å². The number of methoxy groups -OCH3 is 1. The van der Waals surface area contributed by atoms with Gasteiger partial charge in [-0.3, -0.25) is 4.79 Å². The van der Waals surface area contributed by atoms with Crippen molar-refractivity contribution in [1.29, 1.82) is 0 Å². The van der Waals surface area contributed by atoms with Crippen LogP contribution in [-0.2, 0) is 16.0 Å². The number of carbonyl (C=O) groups excluding carboxylic acids is 2. The molecule has 0 aliphatic carbocycles. The topological polar surface area (TPSA) is 55.4 Å². The van der Waals surface area contributed by atoms with Crippen LogP contribution in [0.25, 0.3) is 0 Å². The zero-order chi connectivity index (χ0) is 10.6. The Hall–Kier alpha value is -1.36. The zero-order valence-electron chi connectivity index (χ0n) is 7.99. The van der Waals surface area contributed by atoms with E-state index < -0.39 is 5.97 Å². The Kier molecular flexibility index (Phi) is 3.64. The molecule has 5 heteroatoms. The summed E-state index contributed by atoms with van der Waals surface area (Å²) < 4.78 is 4.60. The second-order valence-electron chi connectivity index (χ2n) is 2.57. The van der Waals surface area contributed by atoms with Crippen molar-refractivity contribution in [3.05, 3.63) is 15.8 Å². The number of esters is 1. The quantitative estimate of drug-likeness (QED) is 0.611. The van der Waals surface area contributed by atoms with E-state index in [4.69, 9.17) is 0 Å². The Morgan fingerprint density at radius 1 is 1.71 bits per heavy atom. The van der Waals surface area contributed by atoms with Crippen LogP contribution in [0.3, 0.4) is 0 Å². The Balaban J connectivity index is 3.09. The second kappa shape index (κ2) is 4.76. The highest BCUT2D eigenvalue weighted by molar-refractivity contribution is 7.12. The summed E-state index contributed by atoms with van der Waals surface area (Å²) in [6, 6.07) is 0. The molecule has 0 bridgehead atoms. The van der Waals surface area contributed by atoms with E-state index in [-0.39, 0.29) is 0 Å². The number of ether oxygens (including phenoxy) is 1. The van der Waals surface area contributed by atoms with Gasteiger partial charge in [-0.15, -0.1) is 11.3 Å². The molecule has 0 aliphatic heterocycles. The third-order valence-electron chi connectivity index (χ3n) is 1.82. The molecule has 0 fully saturated rings. The van der Waals surface area contributed by atoms with E-state index >= 15 is 0 Å². The fraction of sp³-hybridized carbons (Fsp3) is 0.333. The predicted octanol–water partition coefficient (Wildman–Crippen LogP) is 1.67. The van der Waals surface area contributed by atoms with E-state index in [1.54, 1.807) is 0 Å². The maximum Gasteiger partial charge on any atom is 0.350 e. The number of rotatable bonds is 4. The van der Waals surface area contributed by atoms with Crippen LogP contribution < -0.4 is 5.32 Å². The first-order valence-corrected chi connectivity index (χ1v) is 5.01. The fourth-order valence-electron chi connectivity index (χ4n) is 1.11. The van der Waals surface area contributed by atoms with E-state index in [9.17, 15) is 9.59 Å². The minimum absolute atomic E-state index is 0.418. The smallest absolute Gasteiger partial charge is 0.350 e. The van der Waals surface area contributed by atoms with Crippen molar-refractivity contribution >= 4 is 29.4 Å². The number of hydrogen-bond donors (Lipinski definition) is 1. The zero-order valence-corrected chi connectivity index (χ0v) is 8.81. The van der Waals surface area contributed by atoms with Crippen molar-refractivity contribution in [3.8, 4) is 0 Å². The lowest BCUT2D eigenvalue weighted by molar-refractivity contribution is -0.105. The molecule has 0 atom stereocenters. The largest absolute Gasteiger partial charge is 0.465 e. The van der Waals surface area contributed by atoms with Gasteiger partial charge in [0.25, 0.3) is 0 Å². The number of thiophene rings is 1. The Labute approximate surface area is 85.9 Å². The summed E-state index contributed by atoms with van der Waals surface area (Å²) in [7, 11) is 1.32. The van der Waals surface area contributed by atoms with Crippen molar-refractivity contribution in [2.24, 2.45) is 0 Å². The van der Waals surface area contributed by atoms with Crippen LogP contribution in [0.1, 0.15) is 22.2 Å². The highest BCUT2D eigenvalue weighted by atomic mass is 32.1. The summed E-state index contributed by atoms with van der Waals surface area (Å²) in [6.07, 6.45) is 1.33. The first-order chi connectivity index (χ1) is 6.74. The fourth-order valence-corrected chi connectivity index (χ4v) is 2.15. The predicted molar refractivity (Wildman–Crippen MR) is 54.7 cm³/mol. The third-order valence-corrected chi connectivity index (χ3v) is 2.83. The summed E-state index contributed by atoms with van der Waals surface area (Å²) in [6.45, 7) is 1.96. The number of carbonyl (C=O) groups is 2. The number of anilines is 1. The van der Waals surface area contributed by atoms with Gasteiger partial charge in [-0.2, -0.15) is 0 Å². The van der Waals surface area contributed by atoms with Crippen molar-refractivity contribution in [1.82, 2.24) is 0 Å². The van der Waals surface area contributed by atoms with Gasteiger partial charge in [0.15, 0.2) is 0 Å². The van der Waals surface area contributed by atoms with Gasteiger partial charge in [-0.25, -0.2) is 4.79 Å². The van der Waals surface area contributed by atoms with Crippen molar-refractivity contribution in [3.63, 3.8) is 0 Å². The van der Waals surface area contributed by atoms with Crippen molar-refractivity contribution < 1.29 is 14.3 Å². The molecule has 4 nitrogen and oxygen atoms in total. The molecule has 0 unspecified atom stereocenters. The standard InChI is InChI=1S/C9H11NO3S/c1-3-6-4-14-8(9(12)13-2)7(6)10-5-11/h4-5H,3H2,1-2H3,(H,10,11).